The van der Waals surface area contributed by atoms with Crippen LogP contribution in [0.25, 0.3) is 0 Å². The van der Waals surface area contributed by atoms with Crippen molar-refractivity contribution in [1.82, 2.24) is 0 Å². The Morgan fingerprint density at radius 3 is 1.50 bits per heavy atom. The number of hydrogen-bond acceptors (Lipinski definition) is 4. The van der Waals surface area contributed by atoms with Gasteiger partial charge < -0.3 is 9.47 Å². The third kappa shape index (κ3) is 5.09. The second-order valence-corrected chi connectivity index (χ2v) is 6.77. The fourth-order valence-electron chi connectivity index (χ4n) is 1.54. The Bertz CT molecular complexity index is 508. The minimum atomic E-state index is -0.529. The third-order valence-electron chi connectivity index (χ3n) is 3.27. The summed E-state index contributed by atoms with van der Waals surface area (Å²) < 4.78 is 12.0. The van der Waals surface area contributed by atoms with Crippen LogP contribution >= 0.6 is 31.9 Å². The van der Waals surface area contributed by atoms with Crippen molar-refractivity contribution in [1.29, 1.82) is 0 Å². The molecule has 1 aromatic carbocycles. The molecule has 2 atom stereocenters. The predicted octanol–water partition coefficient (Wildman–Crippen LogP) is 5.12. The SMILES string of the molecule is CCC(C)OC(=O)c1cc(Br)c(Br)cc1C(=O)OC(C)CC. The summed E-state index contributed by atoms with van der Waals surface area (Å²) in [6, 6.07) is 3.14. The summed E-state index contributed by atoms with van der Waals surface area (Å²) in [6.45, 7) is 7.47. The van der Waals surface area contributed by atoms with E-state index in [9.17, 15) is 9.59 Å². The topological polar surface area (TPSA) is 52.6 Å². The maximum atomic E-state index is 12.3. The number of benzene rings is 1. The number of carbonyl (C=O) groups excluding carboxylic acids is 2. The molecule has 0 radical (unpaired) electrons. The highest BCUT2D eigenvalue weighted by atomic mass is 79.9. The van der Waals surface area contributed by atoms with Crippen LogP contribution in [0.15, 0.2) is 21.1 Å². The van der Waals surface area contributed by atoms with E-state index in [2.05, 4.69) is 31.9 Å². The molecule has 1 aromatic rings. The van der Waals surface area contributed by atoms with E-state index < -0.39 is 11.9 Å². The molecule has 0 spiro atoms. The van der Waals surface area contributed by atoms with Crippen molar-refractivity contribution in [2.24, 2.45) is 0 Å². The van der Waals surface area contributed by atoms with Crippen LogP contribution in [-0.2, 0) is 9.47 Å². The average Bonchev–Trinajstić information content (AvgIpc) is 2.48. The van der Waals surface area contributed by atoms with Gasteiger partial charge in [-0.3, -0.25) is 0 Å². The minimum Gasteiger partial charge on any atom is -0.459 e. The molecule has 1 rings (SSSR count). The van der Waals surface area contributed by atoms with Crippen molar-refractivity contribution in [3.63, 3.8) is 0 Å². The van der Waals surface area contributed by atoms with Gasteiger partial charge in [-0.1, -0.05) is 13.8 Å². The second-order valence-electron chi connectivity index (χ2n) is 5.06. The number of hydrogen-bond donors (Lipinski definition) is 0. The van der Waals surface area contributed by atoms with Crippen LogP contribution < -0.4 is 0 Å². The minimum absolute atomic E-state index is 0.198. The summed E-state index contributed by atoms with van der Waals surface area (Å²) in [5, 5.41) is 0. The smallest absolute Gasteiger partial charge is 0.339 e. The highest BCUT2D eigenvalue weighted by Crippen LogP contribution is 2.28. The summed E-state index contributed by atoms with van der Waals surface area (Å²) >= 11 is 6.68. The highest BCUT2D eigenvalue weighted by Gasteiger charge is 2.23. The molecule has 0 saturated carbocycles. The first-order chi connectivity index (χ1) is 10.3. The molecule has 0 aromatic heterocycles. The lowest BCUT2D eigenvalue weighted by Gasteiger charge is -2.16. The van der Waals surface area contributed by atoms with Gasteiger partial charge in [-0.15, -0.1) is 0 Å². The van der Waals surface area contributed by atoms with E-state index in [1.54, 1.807) is 12.1 Å². The summed E-state index contributed by atoms with van der Waals surface area (Å²) in [5.74, 6) is -1.06. The van der Waals surface area contributed by atoms with Crippen molar-refractivity contribution in [2.45, 2.75) is 52.7 Å². The third-order valence-corrected chi connectivity index (χ3v) is 5.11. The lowest BCUT2D eigenvalue weighted by molar-refractivity contribution is 0.0285. The number of esters is 2. The van der Waals surface area contributed by atoms with E-state index in [1.165, 1.54) is 0 Å². The summed E-state index contributed by atoms with van der Waals surface area (Å²) in [5.41, 5.74) is 0.396. The normalized spacial score (nSPS) is 13.4. The van der Waals surface area contributed by atoms with Gasteiger partial charge in [-0.05, 0) is 70.7 Å². The van der Waals surface area contributed by atoms with E-state index in [4.69, 9.17) is 9.47 Å². The number of halogens is 2. The first-order valence-corrected chi connectivity index (χ1v) is 8.79. The predicted molar refractivity (Wildman–Crippen MR) is 92.2 cm³/mol. The van der Waals surface area contributed by atoms with Gasteiger partial charge in [0.05, 0.1) is 23.3 Å². The highest BCUT2D eigenvalue weighted by molar-refractivity contribution is 9.13. The Kier molecular flexibility index (Phi) is 7.56. The molecular formula is C16H20Br2O4. The van der Waals surface area contributed by atoms with Crippen molar-refractivity contribution < 1.29 is 19.1 Å². The van der Waals surface area contributed by atoms with Crippen molar-refractivity contribution >= 4 is 43.8 Å². The molecule has 6 heteroatoms. The molecule has 22 heavy (non-hydrogen) atoms. The van der Waals surface area contributed by atoms with Crippen molar-refractivity contribution in [3.8, 4) is 0 Å². The lowest BCUT2D eigenvalue weighted by Crippen LogP contribution is -2.20. The fourth-order valence-corrected chi connectivity index (χ4v) is 2.23. The van der Waals surface area contributed by atoms with Crippen LogP contribution in [0.2, 0.25) is 0 Å². The standard InChI is InChI=1S/C16H20Br2O4/c1-5-9(3)21-15(19)11-7-13(17)14(18)8-12(11)16(20)22-10(4)6-2/h7-10H,5-6H2,1-4H3. The first-order valence-electron chi connectivity index (χ1n) is 7.21. The van der Waals surface area contributed by atoms with Crippen LogP contribution in [-0.4, -0.2) is 24.1 Å². The van der Waals surface area contributed by atoms with E-state index in [1.807, 2.05) is 27.7 Å². The van der Waals surface area contributed by atoms with E-state index in [-0.39, 0.29) is 23.3 Å². The summed E-state index contributed by atoms with van der Waals surface area (Å²) in [6.07, 6.45) is 0.980. The second kappa shape index (κ2) is 8.67. The Hall–Kier alpha value is -0.880. The van der Waals surface area contributed by atoms with Crippen LogP contribution in [0.4, 0.5) is 0 Å². The molecule has 0 heterocycles. The van der Waals surface area contributed by atoms with Gasteiger partial charge in [0.2, 0.25) is 0 Å². The van der Waals surface area contributed by atoms with Crippen molar-refractivity contribution in [3.05, 3.63) is 32.2 Å². The number of rotatable bonds is 6. The largest absolute Gasteiger partial charge is 0.459 e. The molecule has 0 N–H and O–H groups in total. The van der Waals surface area contributed by atoms with Crippen LogP contribution in [0, 0.1) is 0 Å². The Morgan fingerprint density at radius 2 is 1.23 bits per heavy atom. The molecule has 4 nitrogen and oxygen atoms in total. The van der Waals surface area contributed by atoms with Crippen LogP contribution in [0.1, 0.15) is 61.3 Å². The van der Waals surface area contributed by atoms with E-state index in [0.717, 1.165) is 0 Å². The molecule has 2 unspecified atom stereocenters. The zero-order chi connectivity index (χ0) is 16.9. The molecule has 0 bridgehead atoms. The fraction of sp³-hybridized carbons (Fsp3) is 0.500. The molecular weight excluding hydrogens is 416 g/mol. The van der Waals surface area contributed by atoms with Gasteiger partial charge in [-0.25, -0.2) is 9.59 Å². The zero-order valence-corrected chi connectivity index (χ0v) is 16.3. The van der Waals surface area contributed by atoms with Gasteiger partial charge in [-0.2, -0.15) is 0 Å². The maximum Gasteiger partial charge on any atom is 0.339 e. The van der Waals surface area contributed by atoms with Crippen LogP contribution in [0.5, 0.6) is 0 Å². The number of ether oxygens (including phenoxy) is 2. The number of carbonyl (C=O) groups is 2. The Balaban J connectivity index is 3.17. The quantitative estimate of drug-likeness (QED) is 0.581. The average molecular weight is 436 g/mol. The molecule has 122 valence electrons. The van der Waals surface area contributed by atoms with E-state index >= 15 is 0 Å². The lowest BCUT2D eigenvalue weighted by atomic mass is 10.1. The van der Waals surface area contributed by atoms with Crippen molar-refractivity contribution in [2.75, 3.05) is 0 Å². The van der Waals surface area contributed by atoms with Gasteiger partial charge in [0.15, 0.2) is 0 Å². The molecule has 0 aliphatic rings. The first kappa shape index (κ1) is 19.2. The summed E-state index contributed by atoms with van der Waals surface area (Å²) in [7, 11) is 0. The van der Waals surface area contributed by atoms with Gasteiger partial charge in [0, 0.05) is 8.95 Å². The molecule has 0 aliphatic heterocycles. The van der Waals surface area contributed by atoms with Gasteiger partial charge >= 0.3 is 11.9 Å². The van der Waals surface area contributed by atoms with Gasteiger partial charge in [0.1, 0.15) is 0 Å². The molecule has 0 aliphatic carbocycles. The zero-order valence-electron chi connectivity index (χ0n) is 13.1. The van der Waals surface area contributed by atoms with Crippen LogP contribution in [0.3, 0.4) is 0 Å². The van der Waals surface area contributed by atoms with E-state index in [0.29, 0.717) is 21.8 Å². The van der Waals surface area contributed by atoms with Gasteiger partial charge in [0.25, 0.3) is 0 Å². The molecule has 0 amide bonds. The molecule has 0 fully saturated rings. The Morgan fingerprint density at radius 1 is 0.909 bits per heavy atom. The monoisotopic (exact) mass is 434 g/mol. The maximum absolute atomic E-state index is 12.3. The molecule has 0 saturated heterocycles. The summed E-state index contributed by atoms with van der Waals surface area (Å²) in [4.78, 5) is 24.6. The Labute approximate surface area is 147 Å².